The lowest BCUT2D eigenvalue weighted by Crippen LogP contribution is -2.38. The molecule has 0 aliphatic carbocycles. The van der Waals surface area contributed by atoms with Gasteiger partial charge in [-0.1, -0.05) is 0 Å². The van der Waals surface area contributed by atoms with Crippen LogP contribution in [-0.2, 0) is 11.3 Å². The van der Waals surface area contributed by atoms with Gasteiger partial charge in [0.05, 0.1) is 39.4 Å². The molecule has 0 saturated carbocycles. The van der Waals surface area contributed by atoms with Crippen molar-refractivity contribution in [2.24, 2.45) is 5.92 Å². The van der Waals surface area contributed by atoms with Crippen LogP contribution in [0.5, 0.6) is 17.2 Å². The molecule has 0 aromatic heterocycles. The highest BCUT2D eigenvalue weighted by Gasteiger charge is 2.30. The Labute approximate surface area is 140 Å². The number of nitrogens with one attached hydrogen (secondary N) is 1. The van der Waals surface area contributed by atoms with Crippen molar-refractivity contribution in [3.63, 3.8) is 0 Å². The first kappa shape index (κ1) is 17.7. The first-order valence-electron chi connectivity index (χ1n) is 7.54. The van der Waals surface area contributed by atoms with Gasteiger partial charge >= 0.3 is 12.0 Å². The Bertz CT molecular complexity index is 594. The molecule has 1 unspecified atom stereocenters. The van der Waals surface area contributed by atoms with Crippen LogP contribution in [-0.4, -0.2) is 56.4 Å². The molecule has 1 atom stereocenters. The molecule has 1 saturated heterocycles. The number of hydrogen-bond donors (Lipinski definition) is 2. The third-order valence-electron chi connectivity index (χ3n) is 4.06. The largest absolute Gasteiger partial charge is 0.496 e. The molecule has 132 valence electrons. The average Bonchev–Trinajstić information content (AvgIpc) is 3.09. The summed E-state index contributed by atoms with van der Waals surface area (Å²) in [5, 5.41) is 11.8. The number of carbonyl (C=O) groups is 2. The molecular weight excluding hydrogens is 316 g/mol. The van der Waals surface area contributed by atoms with Crippen molar-refractivity contribution in [1.29, 1.82) is 0 Å². The van der Waals surface area contributed by atoms with Gasteiger partial charge in [-0.3, -0.25) is 4.79 Å². The normalized spacial score (nSPS) is 16.6. The van der Waals surface area contributed by atoms with Gasteiger partial charge in [0.1, 0.15) is 17.2 Å². The van der Waals surface area contributed by atoms with Crippen LogP contribution in [0.15, 0.2) is 12.1 Å². The van der Waals surface area contributed by atoms with Gasteiger partial charge in [-0.15, -0.1) is 0 Å². The Morgan fingerprint density at radius 3 is 2.29 bits per heavy atom. The Hall–Kier alpha value is -2.64. The number of hydrogen-bond acceptors (Lipinski definition) is 5. The van der Waals surface area contributed by atoms with E-state index in [0.29, 0.717) is 35.8 Å². The topological polar surface area (TPSA) is 97.3 Å². The van der Waals surface area contributed by atoms with E-state index < -0.39 is 11.9 Å². The standard InChI is InChI=1S/C16H22N2O6/c1-22-11-6-13(23-2)12(14(7-11)24-3)8-17-16(21)18-5-4-10(9-18)15(19)20/h6-7,10H,4-5,8-9H2,1-3H3,(H,17,21)(H,19,20). The van der Waals surface area contributed by atoms with Gasteiger partial charge < -0.3 is 29.5 Å². The first-order valence-corrected chi connectivity index (χ1v) is 7.54. The number of amides is 2. The zero-order valence-corrected chi connectivity index (χ0v) is 14.0. The van der Waals surface area contributed by atoms with Crippen molar-refractivity contribution in [2.75, 3.05) is 34.4 Å². The van der Waals surface area contributed by atoms with E-state index in [-0.39, 0.29) is 19.1 Å². The van der Waals surface area contributed by atoms with Crippen molar-refractivity contribution < 1.29 is 28.9 Å². The van der Waals surface area contributed by atoms with Crippen LogP contribution in [0.4, 0.5) is 4.79 Å². The minimum absolute atomic E-state index is 0.198. The van der Waals surface area contributed by atoms with Crippen molar-refractivity contribution in [3.8, 4) is 17.2 Å². The van der Waals surface area contributed by atoms with Crippen molar-refractivity contribution in [1.82, 2.24) is 10.2 Å². The SMILES string of the molecule is COc1cc(OC)c(CNC(=O)N2CCC(C(=O)O)C2)c(OC)c1. The van der Waals surface area contributed by atoms with Crippen LogP contribution in [0, 0.1) is 5.92 Å². The number of likely N-dealkylation sites (tertiary alicyclic amines) is 1. The second-order valence-electron chi connectivity index (χ2n) is 5.44. The van der Waals surface area contributed by atoms with Crippen LogP contribution in [0.2, 0.25) is 0 Å². The molecule has 1 heterocycles. The van der Waals surface area contributed by atoms with E-state index in [4.69, 9.17) is 19.3 Å². The van der Waals surface area contributed by atoms with Gasteiger partial charge in [0.2, 0.25) is 0 Å². The van der Waals surface area contributed by atoms with Gasteiger partial charge in [0, 0.05) is 25.2 Å². The Kier molecular flexibility index (Phi) is 5.73. The smallest absolute Gasteiger partial charge is 0.317 e. The van der Waals surface area contributed by atoms with E-state index in [1.165, 1.54) is 19.1 Å². The molecule has 8 nitrogen and oxygen atoms in total. The lowest BCUT2D eigenvalue weighted by Gasteiger charge is -2.19. The van der Waals surface area contributed by atoms with Crippen molar-refractivity contribution in [3.05, 3.63) is 17.7 Å². The number of nitrogens with zero attached hydrogens (tertiary/aromatic N) is 1. The highest BCUT2D eigenvalue weighted by molar-refractivity contribution is 5.77. The summed E-state index contributed by atoms with van der Waals surface area (Å²) in [7, 11) is 4.59. The minimum atomic E-state index is -0.871. The van der Waals surface area contributed by atoms with Gasteiger partial charge in [-0.2, -0.15) is 0 Å². The number of carboxylic acids is 1. The number of carbonyl (C=O) groups excluding carboxylic acids is 1. The van der Waals surface area contributed by atoms with Crippen LogP contribution < -0.4 is 19.5 Å². The number of methoxy groups -OCH3 is 3. The predicted molar refractivity (Wildman–Crippen MR) is 85.6 cm³/mol. The van der Waals surface area contributed by atoms with Gasteiger partial charge in [-0.05, 0) is 6.42 Å². The summed E-state index contributed by atoms with van der Waals surface area (Å²) in [4.78, 5) is 24.7. The molecule has 0 bridgehead atoms. The predicted octanol–water partition coefficient (Wildman–Crippen LogP) is 1.33. The second-order valence-corrected chi connectivity index (χ2v) is 5.44. The zero-order valence-electron chi connectivity index (χ0n) is 14.0. The van der Waals surface area contributed by atoms with Gasteiger partial charge in [0.25, 0.3) is 0 Å². The van der Waals surface area contributed by atoms with Crippen LogP contribution >= 0.6 is 0 Å². The fourth-order valence-electron chi connectivity index (χ4n) is 2.67. The minimum Gasteiger partial charge on any atom is -0.496 e. The molecule has 2 rings (SSSR count). The molecule has 2 amide bonds. The fourth-order valence-corrected chi connectivity index (χ4v) is 2.67. The van der Waals surface area contributed by atoms with E-state index >= 15 is 0 Å². The molecule has 1 fully saturated rings. The maximum absolute atomic E-state index is 12.2. The first-order chi connectivity index (χ1) is 11.5. The van der Waals surface area contributed by atoms with E-state index in [2.05, 4.69) is 5.32 Å². The molecule has 0 radical (unpaired) electrons. The number of carboxylic acid groups (broad SMARTS) is 1. The maximum Gasteiger partial charge on any atom is 0.317 e. The second kappa shape index (κ2) is 7.76. The van der Waals surface area contributed by atoms with E-state index in [1.807, 2.05) is 0 Å². The molecule has 24 heavy (non-hydrogen) atoms. The quantitative estimate of drug-likeness (QED) is 0.812. The monoisotopic (exact) mass is 338 g/mol. The molecule has 8 heteroatoms. The number of ether oxygens (including phenoxy) is 3. The zero-order chi connectivity index (χ0) is 17.7. The van der Waals surface area contributed by atoms with Crippen molar-refractivity contribution in [2.45, 2.75) is 13.0 Å². The molecule has 2 N–H and O–H groups in total. The van der Waals surface area contributed by atoms with E-state index in [1.54, 1.807) is 19.2 Å². The summed E-state index contributed by atoms with van der Waals surface area (Å²) in [6, 6.07) is 3.11. The average molecular weight is 338 g/mol. The van der Waals surface area contributed by atoms with Gasteiger partial charge in [-0.25, -0.2) is 4.79 Å². The van der Waals surface area contributed by atoms with Crippen LogP contribution in [0.3, 0.4) is 0 Å². The summed E-state index contributed by atoms with van der Waals surface area (Å²) in [6.07, 6.45) is 0.470. The van der Waals surface area contributed by atoms with Crippen molar-refractivity contribution >= 4 is 12.0 Å². The summed E-state index contributed by atoms with van der Waals surface area (Å²) >= 11 is 0. The maximum atomic E-state index is 12.2. The lowest BCUT2D eigenvalue weighted by molar-refractivity contribution is -0.141. The summed E-state index contributed by atoms with van der Waals surface area (Å²) < 4.78 is 15.9. The number of benzene rings is 1. The van der Waals surface area contributed by atoms with E-state index in [0.717, 1.165) is 0 Å². The Morgan fingerprint density at radius 1 is 1.21 bits per heavy atom. The molecule has 1 aliphatic heterocycles. The fraction of sp³-hybridized carbons (Fsp3) is 0.500. The highest BCUT2D eigenvalue weighted by Crippen LogP contribution is 2.33. The third kappa shape index (κ3) is 3.81. The Morgan fingerprint density at radius 2 is 1.83 bits per heavy atom. The molecule has 0 spiro atoms. The lowest BCUT2D eigenvalue weighted by atomic mass is 10.1. The number of urea groups is 1. The number of aliphatic carboxylic acids is 1. The van der Waals surface area contributed by atoms with Gasteiger partial charge in [0.15, 0.2) is 0 Å². The summed E-state index contributed by atoms with van der Waals surface area (Å²) in [5.41, 5.74) is 0.683. The molecule has 1 aromatic rings. The summed E-state index contributed by atoms with van der Waals surface area (Å²) in [6.45, 7) is 0.848. The van der Waals surface area contributed by atoms with Crippen LogP contribution in [0.1, 0.15) is 12.0 Å². The summed E-state index contributed by atoms with van der Waals surface area (Å²) in [5.74, 6) is 0.292. The Balaban J connectivity index is 2.06. The van der Waals surface area contributed by atoms with Crippen LogP contribution in [0.25, 0.3) is 0 Å². The molecule has 1 aromatic carbocycles. The molecule has 1 aliphatic rings. The number of rotatable bonds is 6. The highest BCUT2D eigenvalue weighted by atomic mass is 16.5. The molecular formula is C16H22N2O6. The third-order valence-corrected chi connectivity index (χ3v) is 4.06. The van der Waals surface area contributed by atoms with E-state index in [9.17, 15) is 9.59 Å².